The molecule has 78 heavy (non-hydrogen) atoms. The van der Waals surface area contributed by atoms with Crippen LogP contribution in [0.3, 0.4) is 0 Å². The third-order valence-corrected chi connectivity index (χ3v) is 21.3. The first-order chi connectivity index (χ1) is 37.1. The molecule has 8 aliphatic rings. The lowest BCUT2D eigenvalue weighted by atomic mass is 9.43. The van der Waals surface area contributed by atoms with Crippen molar-refractivity contribution in [2.24, 2.45) is 64.1 Å². The average Bonchev–Trinajstić information content (AvgIpc) is 3.98. The fourth-order valence-corrected chi connectivity index (χ4v) is 16.9. The Morgan fingerprint density at radius 3 is 2.15 bits per heavy atom. The van der Waals surface area contributed by atoms with Gasteiger partial charge in [-0.2, -0.15) is 0 Å². The van der Waals surface area contributed by atoms with E-state index in [1.807, 2.05) is 6.92 Å². The molecule has 8 rings (SSSR count). The molecule has 20 heteroatoms. The van der Waals surface area contributed by atoms with E-state index in [-0.39, 0.29) is 79.0 Å². The van der Waals surface area contributed by atoms with Crippen molar-refractivity contribution in [1.29, 1.82) is 0 Å². The maximum Gasteiger partial charge on any atom is 0.332 e. The number of rotatable bonds is 20. The van der Waals surface area contributed by atoms with Gasteiger partial charge in [0.15, 0.2) is 18.7 Å². The Balaban J connectivity index is 0.900. The lowest BCUT2D eigenvalue weighted by Gasteiger charge is -2.62. The minimum absolute atomic E-state index is 0.00395. The van der Waals surface area contributed by atoms with E-state index >= 15 is 0 Å². The Morgan fingerprint density at radius 2 is 1.46 bits per heavy atom. The van der Waals surface area contributed by atoms with Gasteiger partial charge in [-0.3, -0.25) is 14.4 Å². The van der Waals surface area contributed by atoms with Gasteiger partial charge >= 0.3 is 5.97 Å². The summed E-state index contributed by atoms with van der Waals surface area (Å²) in [6, 6.07) is -1.32. The summed E-state index contributed by atoms with van der Waals surface area (Å²) < 4.78 is 31.5. The first-order valence-electron chi connectivity index (χ1n) is 30.1. The molecule has 20 nitrogen and oxygen atoms in total. The molecule has 2 heterocycles. The smallest absolute Gasteiger partial charge is 0.332 e. The number of hydrogen-bond acceptors (Lipinski definition) is 16. The quantitative estimate of drug-likeness (QED) is 0.0781. The molecule has 0 aromatic carbocycles. The summed E-state index contributed by atoms with van der Waals surface area (Å²) in [7, 11) is 0. The third-order valence-electron chi connectivity index (χ3n) is 21.3. The van der Waals surface area contributed by atoms with Crippen LogP contribution in [0.1, 0.15) is 164 Å². The molecule has 0 bridgehead atoms. The van der Waals surface area contributed by atoms with Gasteiger partial charge in [0.05, 0.1) is 37.1 Å². The van der Waals surface area contributed by atoms with E-state index in [9.17, 15) is 60.0 Å². The van der Waals surface area contributed by atoms with E-state index in [1.54, 1.807) is 0 Å². The standard InChI is InChI=1S/C58H97N3O17/c1-7-33-24-34(53(71)60-22-21-59-44(66)16-13-29(2)37-14-15-38-45-39(18-20-58(37,38)6)57(5)19-17-36(64)26-35(57)27-40(45)65)25-41(51(33)78-56-50(70)49(69)47(67)30(3)74-56)76-55-46(61-31(4)63)52(48(68)43(28-62)77-55)75-42(54(72)73)23-32-11-9-8-10-12-32/h29-30,32-43,45-52,55-56,62,64-65,67-70H,7-28H2,1-6H3,(H,59,66)(H,60,71)(H,61,63)(H,72,73)/t29-,30+,33?,34?,35?,36-,37-,38?,39?,40-,41-,42+,43+,45?,46?,47?,48+,49+,50+,51?,52?,55-,56?,57+,58-/m1/s1. The predicted octanol–water partition coefficient (Wildman–Crippen LogP) is 3.05. The maximum atomic E-state index is 14.2. The highest BCUT2D eigenvalue weighted by atomic mass is 16.7. The topological polar surface area (TPSA) is 312 Å². The normalized spacial score (nSPS) is 44.7. The summed E-state index contributed by atoms with van der Waals surface area (Å²) >= 11 is 0. The number of carbonyl (C=O) groups is 4. The number of carboxylic acids is 1. The number of hydrogen-bond donors (Lipinski definition) is 11. The summed E-state index contributed by atoms with van der Waals surface area (Å²) in [5.41, 5.74) is 0.257. The summed E-state index contributed by atoms with van der Waals surface area (Å²) in [4.78, 5) is 53.2. The Morgan fingerprint density at radius 1 is 0.756 bits per heavy atom. The minimum atomic E-state index is -1.67. The number of aliphatic hydroxyl groups is 7. The van der Waals surface area contributed by atoms with E-state index in [0.717, 1.165) is 89.9 Å². The van der Waals surface area contributed by atoms with Crippen molar-refractivity contribution in [3.8, 4) is 0 Å². The number of ether oxygens (including phenoxy) is 5. The largest absolute Gasteiger partial charge is 0.479 e. The summed E-state index contributed by atoms with van der Waals surface area (Å²) in [6.45, 7) is 11.4. The van der Waals surface area contributed by atoms with Crippen LogP contribution < -0.4 is 16.0 Å². The monoisotopic (exact) mass is 1110 g/mol. The number of fused-ring (bicyclic) bond motifs is 5. The molecule has 6 aliphatic carbocycles. The molecule has 0 aromatic rings. The van der Waals surface area contributed by atoms with Crippen LogP contribution in [-0.2, 0) is 42.9 Å². The van der Waals surface area contributed by atoms with Gasteiger partial charge in [-0.1, -0.05) is 66.2 Å². The fraction of sp³-hybridized carbons (Fsp3) is 0.931. The molecule has 446 valence electrons. The Bertz CT molecular complexity index is 2020. The van der Waals surface area contributed by atoms with Crippen LogP contribution in [-0.4, -0.2) is 176 Å². The second-order valence-electron chi connectivity index (χ2n) is 26.0. The molecule has 3 amide bonds. The van der Waals surface area contributed by atoms with Crippen LogP contribution in [0.15, 0.2) is 0 Å². The van der Waals surface area contributed by atoms with Crippen LogP contribution in [0.2, 0.25) is 0 Å². The molecular weight excluding hydrogens is 1010 g/mol. The lowest BCUT2D eigenvalue weighted by Crippen LogP contribution is -2.67. The molecule has 25 atom stereocenters. The molecule has 11 N–H and O–H groups in total. The summed E-state index contributed by atoms with van der Waals surface area (Å²) in [5, 5.41) is 95.7. The third kappa shape index (κ3) is 13.3. The van der Waals surface area contributed by atoms with E-state index in [2.05, 4.69) is 36.7 Å². The van der Waals surface area contributed by atoms with Crippen molar-refractivity contribution < 1.29 is 83.7 Å². The van der Waals surface area contributed by atoms with E-state index in [1.165, 1.54) is 13.8 Å². The Kier molecular flexibility index (Phi) is 20.7. The molecule has 11 unspecified atom stereocenters. The van der Waals surface area contributed by atoms with E-state index in [4.69, 9.17) is 23.7 Å². The first-order valence-corrected chi connectivity index (χ1v) is 30.1. The van der Waals surface area contributed by atoms with Gasteiger partial charge < -0.3 is 80.5 Å². The van der Waals surface area contributed by atoms with Gasteiger partial charge in [-0.05, 0) is 142 Å². The zero-order valence-corrected chi connectivity index (χ0v) is 47.2. The van der Waals surface area contributed by atoms with Crippen molar-refractivity contribution in [3.05, 3.63) is 0 Å². The van der Waals surface area contributed by atoms with Crippen LogP contribution in [0.5, 0.6) is 0 Å². The summed E-state index contributed by atoms with van der Waals surface area (Å²) in [5.74, 6) is -1.00. The highest BCUT2D eigenvalue weighted by Gasteiger charge is 2.63. The number of amides is 3. The highest BCUT2D eigenvalue weighted by molar-refractivity contribution is 5.79. The van der Waals surface area contributed by atoms with Crippen LogP contribution >= 0.6 is 0 Å². The van der Waals surface area contributed by atoms with E-state index in [0.29, 0.717) is 42.4 Å². The Hall–Kier alpha value is -2.60. The van der Waals surface area contributed by atoms with Gasteiger partial charge in [0.2, 0.25) is 17.7 Å². The second kappa shape index (κ2) is 26.3. The minimum Gasteiger partial charge on any atom is -0.479 e. The number of carbonyl (C=O) groups excluding carboxylic acids is 3. The SMILES string of the molecule is CCC1CC(C(=O)NCCNC(=O)CC[C@@H](C)[C@H]2CCC3C4C(CC[C@@]32C)[C@@]2(C)CC[C@@H](O)CC2C[C@H]4O)C[C@@H](O[C@@H]2O[C@@H](CO)[C@H](O)C(O[C@@H](CC3CCCCC3)C(=O)O)C2NC(C)=O)C1OC1O[C@@H](C)C(O)[C@H](O)[C@@H]1O. The van der Waals surface area contributed by atoms with Gasteiger partial charge in [-0.15, -0.1) is 0 Å². The van der Waals surface area contributed by atoms with Crippen molar-refractivity contribution >= 4 is 23.7 Å². The van der Waals surface area contributed by atoms with Crippen LogP contribution in [0.25, 0.3) is 0 Å². The van der Waals surface area contributed by atoms with Crippen molar-refractivity contribution in [3.63, 3.8) is 0 Å². The molecule has 0 radical (unpaired) electrons. The molecule has 0 aromatic heterocycles. The zero-order valence-electron chi connectivity index (χ0n) is 47.2. The van der Waals surface area contributed by atoms with Crippen molar-refractivity contribution in [2.75, 3.05) is 19.7 Å². The van der Waals surface area contributed by atoms with Crippen LogP contribution in [0, 0.1) is 64.1 Å². The first kappa shape index (κ1) is 61.5. The van der Waals surface area contributed by atoms with Crippen molar-refractivity contribution in [1.82, 2.24) is 16.0 Å². The molecule has 6 saturated carbocycles. The lowest BCUT2D eigenvalue weighted by molar-refractivity contribution is -0.338. The molecule has 8 fully saturated rings. The second-order valence-corrected chi connectivity index (χ2v) is 26.0. The number of aliphatic hydroxyl groups excluding tert-OH is 7. The van der Waals surface area contributed by atoms with E-state index < -0.39 is 110 Å². The predicted molar refractivity (Wildman–Crippen MR) is 282 cm³/mol. The van der Waals surface area contributed by atoms with Gasteiger partial charge in [-0.25, -0.2) is 4.79 Å². The molecular formula is C58H97N3O17. The highest BCUT2D eigenvalue weighted by Crippen LogP contribution is 2.68. The van der Waals surface area contributed by atoms with Crippen molar-refractivity contribution in [2.45, 2.75) is 255 Å². The molecule has 2 aliphatic heterocycles. The summed E-state index contributed by atoms with van der Waals surface area (Å²) in [6.07, 6.45) is -2.50. The number of nitrogens with one attached hydrogen (secondary N) is 3. The zero-order chi connectivity index (χ0) is 56.4. The Labute approximate surface area is 461 Å². The van der Waals surface area contributed by atoms with Crippen LogP contribution in [0.4, 0.5) is 0 Å². The maximum absolute atomic E-state index is 14.2. The molecule has 0 spiro atoms. The molecule has 2 saturated heterocycles. The fourth-order valence-electron chi connectivity index (χ4n) is 16.9. The van der Waals surface area contributed by atoms with Gasteiger partial charge in [0, 0.05) is 32.4 Å². The van der Waals surface area contributed by atoms with Gasteiger partial charge in [0.1, 0.15) is 42.7 Å². The average molecular weight is 1110 g/mol. The van der Waals surface area contributed by atoms with Gasteiger partial charge in [0.25, 0.3) is 0 Å². The number of aliphatic carboxylic acids is 1. The number of carboxylic acid groups (broad SMARTS) is 1.